The van der Waals surface area contributed by atoms with Crippen LogP contribution < -0.4 is 11.1 Å². The van der Waals surface area contributed by atoms with Crippen LogP contribution >= 0.6 is 11.3 Å². The van der Waals surface area contributed by atoms with Crippen molar-refractivity contribution < 1.29 is 14.3 Å². The predicted octanol–water partition coefficient (Wildman–Crippen LogP) is 2.16. The highest BCUT2D eigenvalue weighted by Gasteiger charge is 2.19. The summed E-state index contributed by atoms with van der Waals surface area (Å²) in [6.45, 7) is 4.33. The van der Waals surface area contributed by atoms with E-state index >= 15 is 0 Å². The number of ether oxygens (including phenoxy) is 1. The first-order valence-corrected chi connectivity index (χ1v) is 7.07. The molecular formula is C13H20N2O3S. The van der Waals surface area contributed by atoms with Crippen LogP contribution in [0, 0.1) is 12.8 Å². The summed E-state index contributed by atoms with van der Waals surface area (Å²) in [7, 11) is 1.32. The van der Waals surface area contributed by atoms with Crippen molar-refractivity contribution in [1.82, 2.24) is 0 Å². The molecule has 106 valence electrons. The first-order valence-electron chi connectivity index (χ1n) is 6.19. The first-order chi connectivity index (χ1) is 9.03. The number of carbonyl (C=O) groups is 2. The van der Waals surface area contributed by atoms with Crippen LogP contribution in [0.15, 0.2) is 5.38 Å². The molecule has 0 aromatic carbocycles. The number of thiophene rings is 1. The molecule has 0 bridgehead atoms. The number of hydrogen-bond donors (Lipinski definition) is 2. The van der Waals surface area contributed by atoms with E-state index in [0.717, 1.165) is 12.0 Å². The summed E-state index contributed by atoms with van der Waals surface area (Å²) in [5, 5.41) is 4.61. The normalized spacial score (nSPS) is 12.0. The first kappa shape index (κ1) is 15.7. The molecule has 0 aliphatic carbocycles. The number of methoxy groups -OCH3 is 1. The summed E-state index contributed by atoms with van der Waals surface area (Å²) in [6.07, 6.45) is 1.22. The second kappa shape index (κ2) is 7.25. The van der Waals surface area contributed by atoms with Crippen LogP contribution in [0.4, 0.5) is 5.69 Å². The Balaban J connectivity index is 2.79. The summed E-state index contributed by atoms with van der Waals surface area (Å²) in [5.41, 5.74) is 6.99. The van der Waals surface area contributed by atoms with Crippen LogP contribution in [0.5, 0.6) is 0 Å². The number of anilines is 1. The fourth-order valence-corrected chi connectivity index (χ4v) is 2.61. The molecule has 1 aromatic heterocycles. The third-order valence-electron chi connectivity index (χ3n) is 2.99. The maximum atomic E-state index is 11.9. The molecule has 0 saturated heterocycles. The lowest BCUT2D eigenvalue weighted by atomic mass is 10.0. The van der Waals surface area contributed by atoms with Gasteiger partial charge in [-0.3, -0.25) is 4.79 Å². The number of hydrogen-bond acceptors (Lipinski definition) is 5. The van der Waals surface area contributed by atoms with Crippen molar-refractivity contribution in [3.8, 4) is 0 Å². The Hall–Kier alpha value is -1.40. The highest BCUT2D eigenvalue weighted by molar-refractivity contribution is 7.12. The van der Waals surface area contributed by atoms with Crippen LogP contribution in [0.2, 0.25) is 0 Å². The lowest BCUT2D eigenvalue weighted by molar-refractivity contribution is -0.117. The largest absolute Gasteiger partial charge is 0.465 e. The average molecular weight is 284 g/mol. The molecule has 1 heterocycles. The summed E-state index contributed by atoms with van der Waals surface area (Å²) < 4.78 is 4.70. The molecule has 19 heavy (non-hydrogen) atoms. The van der Waals surface area contributed by atoms with Crippen LogP contribution in [-0.4, -0.2) is 25.5 Å². The average Bonchev–Trinajstić information content (AvgIpc) is 2.76. The topological polar surface area (TPSA) is 81.4 Å². The zero-order chi connectivity index (χ0) is 14.4. The molecule has 1 atom stereocenters. The molecule has 5 nitrogen and oxygen atoms in total. The highest BCUT2D eigenvalue weighted by atomic mass is 32.1. The van der Waals surface area contributed by atoms with Gasteiger partial charge >= 0.3 is 5.97 Å². The molecular weight excluding hydrogens is 264 g/mol. The van der Waals surface area contributed by atoms with Gasteiger partial charge in [-0.1, -0.05) is 13.3 Å². The summed E-state index contributed by atoms with van der Waals surface area (Å²) in [6, 6.07) is 0. The van der Waals surface area contributed by atoms with Crippen molar-refractivity contribution in [3.05, 3.63) is 15.8 Å². The van der Waals surface area contributed by atoms with E-state index in [4.69, 9.17) is 10.5 Å². The second-order valence-corrected chi connectivity index (χ2v) is 5.26. The number of nitrogens with two attached hydrogens (primary N) is 1. The SMILES string of the molecule is CCC(CN)CC(=O)Nc1c(C)csc1C(=O)OC. The predicted molar refractivity (Wildman–Crippen MR) is 76.5 cm³/mol. The van der Waals surface area contributed by atoms with Crippen molar-refractivity contribution in [2.45, 2.75) is 26.7 Å². The second-order valence-electron chi connectivity index (χ2n) is 4.38. The Morgan fingerprint density at radius 3 is 2.74 bits per heavy atom. The zero-order valence-corrected chi connectivity index (χ0v) is 12.3. The van der Waals surface area contributed by atoms with Crippen molar-refractivity contribution in [2.75, 3.05) is 19.0 Å². The quantitative estimate of drug-likeness (QED) is 0.784. The van der Waals surface area contributed by atoms with E-state index in [-0.39, 0.29) is 11.8 Å². The van der Waals surface area contributed by atoms with Gasteiger partial charge in [-0.15, -0.1) is 11.3 Å². The van der Waals surface area contributed by atoms with E-state index in [1.54, 1.807) is 0 Å². The van der Waals surface area contributed by atoms with Crippen molar-refractivity contribution in [1.29, 1.82) is 0 Å². The molecule has 1 aromatic rings. The van der Waals surface area contributed by atoms with Gasteiger partial charge in [0.05, 0.1) is 12.8 Å². The van der Waals surface area contributed by atoms with Gasteiger partial charge in [0, 0.05) is 6.42 Å². The molecule has 1 unspecified atom stereocenters. The van der Waals surface area contributed by atoms with Gasteiger partial charge in [-0.05, 0) is 30.3 Å². The Labute approximate surface area is 117 Å². The lowest BCUT2D eigenvalue weighted by Crippen LogP contribution is -2.22. The molecule has 6 heteroatoms. The Morgan fingerprint density at radius 2 is 2.21 bits per heavy atom. The van der Waals surface area contributed by atoms with Crippen molar-refractivity contribution in [2.24, 2.45) is 11.7 Å². The third kappa shape index (κ3) is 4.04. The fourth-order valence-electron chi connectivity index (χ4n) is 1.69. The summed E-state index contributed by atoms with van der Waals surface area (Å²) in [5.74, 6) is -0.385. The van der Waals surface area contributed by atoms with Crippen LogP contribution in [0.3, 0.4) is 0 Å². The van der Waals surface area contributed by atoms with Gasteiger partial charge in [-0.25, -0.2) is 4.79 Å². The maximum absolute atomic E-state index is 11.9. The fraction of sp³-hybridized carbons (Fsp3) is 0.538. The summed E-state index contributed by atoms with van der Waals surface area (Å²) in [4.78, 5) is 23.9. The van der Waals surface area contributed by atoms with E-state index in [2.05, 4.69) is 5.32 Å². The Bertz CT molecular complexity index is 453. The molecule has 3 N–H and O–H groups in total. The number of nitrogens with one attached hydrogen (secondary N) is 1. The standard InChI is InChI=1S/C13H20N2O3S/c1-4-9(6-14)5-10(16)15-11-8(2)7-19-12(11)13(17)18-3/h7,9H,4-6,14H2,1-3H3,(H,15,16). The molecule has 0 saturated carbocycles. The minimum absolute atomic E-state index is 0.121. The van der Waals surface area contributed by atoms with Gasteiger partial charge in [0.25, 0.3) is 0 Å². The smallest absolute Gasteiger partial charge is 0.350 e. The van der Waals surface area contributed by atoms with E-state index in [0.29, 0.717) is 23.5 Å². The molecule has 1 amide bonds. The number of carbonyl (C=O) groups excluding carboxylic acids is 2. The van der Waals surface area contributed by atoms with Crippen molar-refractivity contribution >= 4 is 28.9 Å². The van der Waals surface area contributed by atoms with E-state index in [9.17, 15) is 9.59 Å². The van der Waals surface area contributed by atoms with Gasteiger partial charge in [-0.2, -0.15) is 0 Å². The lowest BCUT2D eigenvalue weighted by Gasteiger charge is -2.12. The van der Waals surface area contributed by atoms with Gasteiger partial charge in [0.2, 0.25) is 5.91 Å². The number of amides is 1. The minimum Gasteiger partial charge on any atom is -0.465 e. The maximum Gasteiger partial charge on any atom is 0.350 e. The van der Waals surface area contributed by atoms with Gasteiger partial charge in [0.1, 0.15) is 4.88 Å². The molecule has 0 fully saturated rings. The zero-order valence-electron chi connectivity index (χ0n) is 11.5. The van der Waals surface area contributed by atoms with Gasteiger partial charge in [0.15, 0.2) is 0 Å². The van der Waals surface area contributed by atoms with Crippen LogP contribution in [-0.2, 0) is 9.53 Å². The highest BCUT2D eigenvalue weighted by Crippen LogP contribution is 2.28. The Kier molecular flexibility index (Phi) is 5.98. The number of aryl methyl sites for hydroxylation is 1. The molecule has 0 aliphatic rings. The van der Waals surface area contributed by atoms with Crippen LogP contribution in [0.1, 0.15) is 35.0 Å². The van der Waals surface area contributed by atoms with E-state index in [1.807, 2.05) is 19.2 Å². The van der Waals surface area contributed by atoms with Crippen molar-refractivity contribution in [3.63, 3.8) is 0 Å². The molecule has 0 aliphatic heterocycles. The van der Waals surface area contributed by atoms with Crippen LogP contribution in [0.25, 0.3) is 0 Å². The number of rotatable bonds is 6. The third-order valence-corrected chi connectivity index (χ3v) is 4.07. The number of esters is 1. The Morgan fingerprint density at radius 1 is 1.53 bits per heavy atom. The molecule has 1 rings (SSSR count). The molecule has 0 spiro atoms. The van der Waals surface area contributed by atoms with E-state index in [1.165, 1.54) is 18.4 Å². The minimum atomic E-state index is -0.431. The van der Waals surface area contributed by atoms with E-state index < -0.39 is 5.97 Å². The van der Waals surface area contributed by atoms with Gasteiger partial charge < -0.3 is 15.8 Å². The summed E-state index contributed by atoms with van der Waals surface area (Å²) >= 11 is 1.27. The monoisotopic (exact) mass is 284 g/mol. The molecule has 0 radical (unpaired) electrons.